The second-order valence-electron chi connectivity index (χ2n) is 4.38. The number of non-ortho nitro benzene ring substituents is 1. The van der Waals surface area contributed by atoms with Crippen molar-refractivity contribution in [3.8, 4) is 5.75 Å². The summed E-state index contributed by atoms with van der Waals surface area (Å²) in [5, 5.41) is 10.6. The van der Waals surface area contributed by atoms with Crippen molar-refractivity contribution in [3.63, 3.8) is 0 Å². The van der Waals surface area contributed by atoms with Crippen LogP contribution >= 0.6 is 15.9 Å². The molecule has 0 spiro atoms. The summed E-state index contributed by atoms with van der Waals surface area (Å²) in [5.74, 6) is 0.826. The van der Waals surface area contributed by atoms with Crippen LogP contribution in [-0.4, -0.2) is 12.0 Å². The summed E-state index contributed by atoms with van der Waals surface area (Å²) < 4.78 is 6.25. The van der Waals surface area contributed by atoms with Gasteiger partial charge in [0.05, 0.1) is 12.0 Å². The Balaban J connectivity index is 2.06. The Morgan fingerprint density at radius 1 is 1.15 bits per heavy atom. The molecule has 4 nitrogen and oxygen atoms in total. The van der Waals surface area contributed by atoms with E-state index < -0.39 is 0 Å². The van der Waals surface area contributed by atoms with Crippen LogP contribution in [0.3, 0.4) is 0 Å². The molecule has 0 fully saturated rings. The summed E-state index contributed by atoms with van der Waals surface area (Å²) in [5.41, 5.74) is 2.35. The first-order valence-corrected chi connectivity index (χ1v) is 6.95. The lowest BCUT2D eigenvalue weighted by molar-refractivity contribution is -0.384. The summed E-state index contributed by atoms with van der Waals surface area (Å²) in [6, 6.07) is 12.5. The van der Waals surface area contributed by atoms with Gasteiger partial charge in [-0.05, 0) is 42.2 Å². The number of methoxy groups -OCH3 is 1. The monoisotopic (exact) mass is 335 g/mol. The molecule has 0 aromatic heterocycles. The maximum Gasteiger partial charge on any atom is 0.269 e. The fraction of sp³-hybridized carbons (Fsp3) is 0.200. The zero-order valence-corrected chi connectivity index (χ0v) is 12.6. The van der Waals surface area contributed by atoms with Crippen molar-refractivity contribution >= 4 is 21.6 Å². The van der Waals surface area contributed by atoms with Crippen molar-refractivity contribution < 1.29 is 9.66 Å². The van der Waals surface area contributed by atoms with E-state index in [4.69, 9.17) is 4.74 Å². The molecule has 2 rings (SSSR count). The molecule has 0 radical (unpaired) electrons. The van der Waals surface area contributed by atoms with E-state index in [1.54, 1.807) is 19.2 Å². The van der Waals surface area contributed by atoms with Crippen molar-refractivity contribution in [3.05, 3.63) is 68.2 Å². The highest BCUT2D eigenvalue weighted by Crippen LogP contribution is 2.24. The average molecular weight is 336 g/mol. The molecule has 2 aromatic carbocycles. The molecule has 0 saturated carbocycles. The Morgan fingerprint density at radius 3 is 2.45 bits per heavy atom. The summed E-state index contributed by atoms with van der Waals surface area (Å²) >= 11 is 3.52. The highest BCUT2D eigenvalue weighted by Gasteiger charge is 2.06. The van der Waals surface area contributed by atoms with Crippen molar-refractivity contribution in [1.82, 2.24) is 0 Å². The highest BCUT2D eigenvalue weighted by molar-refractivity contribution is 9.10. The minimum Gasteiger partial charge on any atom is -0.497 e. The number of nitro benzene ring substituents is 1. The minimum absolute atomic E-state index is 0.122. The van der Waals surface area contributed by atoms with Gasteiger partial charge in [-0.25, -0.2) is 0 Å². The van der Waals surface area contributed by atoms with Crippen LogP contribution in [0.15, 0.2) is 46.9 Å². The van der Waals surface area contributed by atoms with Gasteiger partial charge in [-0.3, -0.25) is 10.1 Å². The van der Waals surface area contributed by atoms with Crippen LogP contribution < -0.4 is 4.74 Å². The second-order valence-corrected chi connectivity index (χ2v) is 5.24. The summed E-state index contributed by atoms with van der Waals surface area (Å²) in [4.78, 5) is 10.2. The molecular formula is C15H14BrNO3. The van der Waals surface area contributed by atoms with Gasteiger partial charge in [0.25, 0.3) is 5.69 Å². The largest absolute Gasteiger partial charge is 0.497 e. The lowest BCUT2D eigenvalue weighted by Crippen LogP contribution is -1.95. The Morgan fingerprint density at radius 2 is 1.85 bits per heavy atom. The Bertz CT molecular complexity index is 611. The maximum absolute atomic E-state index is 10.6. The zero-order chi connectivity index (χ0) is 14.5. The molecule has 0 aliphatic heterocycles. The number of nitrogens with zero attached hydrogens (tertiary/aromatic N) is 1. The van der Waals surface area contributed by atoms with Gasteiger partial charge in [-0.15, -0.1) is 0 Å². The number of aryl methyl sites for hydroxylation is 2. The van der Waals surface area contributed by atoms with E-state index in [0.717, 1.165) is 34.2 Å². The number of halogens is 1. The molecule has 0 aliphatic rings. The number of hydrogen-bond acceptors (Lipinski definition) is 3. The van der Waals surface area contributed by atoms with E-state index in [9.17, 15) is 10.1 Å². The normalized spacial score (nSPS) is 10.3. The van der Waals surface area contributed by atoms with E-state index in [2.05, 4.69) is 15.9 Å². The molecule has 2 aromatic rings. The number of nitro groups is 1. The standard InChI is InChI=1S/C15H14BrNO3/c1-20-14-8-9-15(16)12(10-14)5-2-11-3-6-13(7-4-11)17(18)19/h3-4,6-10H,2,5H2,1H3. The first-order valence-electron chi connectivity index (χ1n) is 6.16. The first-order chi connectivity index (χ1) is 9.60. The van der Waals surface area contributed by atoms with E-state index in [1.807, 2.05) is 18.2 Å². The Labute approximate surface area is 125 Å². The van der Waals surface area contributed by atoms with Gasteiger partial charge in [0.2, 0.25) is 0 Å². The smallest absolute Gasteiger partial charge is 0.269 e. The molecule has 20 heavy (non-hydrogen) atoms. The quantitative estimate of drug-likeness (QED) is 0.609. The van der Waals surface area contributed by atoms with Crippen LogP contribution in [0.1, 0.15) is 11.1 Å². The van der Waals surface area contributed by atoms with Crippen LogP contribution in [0, 0.1) is 10.1 Å². The van der Waals surface area contributed by atoms with E-state index in [-0.39, 0.29) is 10.6 Å². The molecule has 0 aliphatic carbocycles. The molecule has 0 heterocycles. The zero-order valence-electron chi connectivity index (χ0n) is 11.0. The fourth-order valence-electron chi connectivity index (χ4n) is 1.93. The fourth-order valence-corrected chi connectivity index (χ4v) is 2.38. The van der Waals surface area contributed by atoms with E-state index in [1.165, 1.54) is 12.1 Å². The predicted molar refractivity (Wildman–Crippen MR) is 81.2 cm³/mol. The minimum atomic E-state index is -0.386. The summed E-state index contributed by atoms with van der Waals surface area (Å²) in [6.45, 7) is 0. The third kappa shape index (κ3) is 3.57. The molecular weight excluding hydrogens is 322 g/mol. The van der Waals surface area contributed by atoms with Gasteiger partial charge in [0, 0.05) is 16.6 Å². The van der Waals surface area contributed by atoms with Crippen LogP contribution in [0.5, 0.6) is 5.75 Å². The lowest BCUT2D eigenvalue weighted by Gasteiger charge is -2.07. The van der Waals surface area contributed by atoms with Crippen molar-refractivity contribution in [2.45, 2.75) is 12.8 Å². The van der Waals surface area contributed by atoms with Crippen molar-refractivity contribution in [1.29, 1.82) is 0 Å². The Hall–Kier alpha value is -1.88. The molecule has 0 unspecified atom stereocenters. The van der Waals surface area contributed by atoms with Crippen LogP contribution in [0.4, 0.5) is 5.69 Å². The van der Waals surface area contributed by atoms with Crippen LogP contribution in [-0.2, 0) is 12.8 Å². The van der Waals surface area contributed by atoms with Crippen molar-refractivity contribution in [2.24, 2.45) is 0 Å². The molecule has 0 atom stereocenters. The SMILES string of the molecule is COc1ccc(Br)c(CCc2ccc([N+](=O)[O-])cc2)c1. The highest BCUT2D eigenvalue weighted by atomic mass is 79.9. The number of ether oxygens (including phenoxy) is 1. The molecule has 0 N–H and O–H groups in total. The summed E-state index contributed by atoms with van der Waals surface area (Å²) in [6.07, 6.45) is 1.67. The van der Waals surface area contributed by atoms with Gasteiger partial charge < -0.3 is 4.74 Å². The predicted octanol–water partition coefficient (Wildman–Crippen LogP) is 4.15. The average Bonchev–Trinajstić information content (AvgIpc) is 2.47. The molecule has 0 bridgehead atoms. The van der Waals surface area contributed by atoms with Gasteiger partial charge in [0.15, 0.2) is 0 Å². The van der Waals surface area contributed by atoms with Crippen LogP contribution in [0.25, 0.3) is 0 Å². The van der Waals surface area contributed by atoms with Gasteiger partial charge >= 0.3 is 0 Å². The lowest BCUT2D eigenvalue weighted by atomic mass is 10.0. The Kier molecular flexibility index (Phi) is 4.74. The molecule has 0 amide bonds. The van der Waals surface area contributed by atoms with Gasteiger partial charge in [-0.2, -0.15) is 0 Å². The molecule has 5 heteroatoms. The third-order valence-corrected chi connectivity index (χ3v) is 3.86. The third-order valence-electron chi connectivity index (χ3n) is 3.08. The van der Waals surface area contributed by atoms with E-state index >= 15 is 0 Å². The first kappa shape index (κ1) is 14.5. The molecule has 0 saturated heterocycles. The number of benzene rings is 2. The topological polar surface area (TPSA) is 52.4 Å². The van der Waals surface area contributed by atoms with Gasteiger partial charge in [-0.1, -0.05) is 28.1 Å². The number of hydrogen-bond donors (Lipinski definition) is 0. The van der Waals surface area contributed by atoms with Crippen molar-refractivity contribution in [2.75, 3.05) is 7.11 Å². The summed E-state index contributed by atoms with van der Waals surface area (Å²) in [7, 11) is 1.64. The van der Waals surface area contributed by atoms with Gasteiger partial charge in [0.1, 0.15) is 5.75 Å². The number of rotatable bonds is 5. The van der Waals surface area contributed by atoms with E-state index in [0.29, 0.717) is 0 Å². The molecule has 104 valence electrons. The second kappa shape index (κ2) is 6.52. The maximum atomic E-state index is 10.6. The van der Waals surface area contributed by atoms with Crippen LogP contribution in [0.2, 0.25) is 0 Å².